The van der Waals surface area contributed by atoms with E-state index in [2.05, 4.69) is 0 Å². The van der Waals surface area contributed by atoms with Crippen molar-refractivity contribution in [3.63, 3.8) is 0 Å². The molecular weight excluding hydrogens is 248 g/mol. The second-order valence-electron chi connectivity index (χ2n) is 4.45. The lowest BCUT2D eigenvalue weighted by Gasteiger charge is -2.29. The predicted octanol–water partition coefficient (Wildman–Crippen LogP) is 3.90. The van der Waals surface area contributed by atoms with E-state index in [1.54, 1.807) is 0 Å². The number of aliphatic hydroxyl groups excluding tert-OH is 1. The van der Waals surface area contributed by atoms with Gasteiger partial charge < -0.3 is 9.84 Å². The zero-order valence-corrected chi connectivity index (χ0v) is 10.5. The number of benzene rings is 2. The van der Waals surface area contributed by atoms with Crippen molar-refractivity contribution in [1.29, 1.82) is 0 Å². The molecule has 3 heteroatoms. The molecule has 92 valence electrons. The molecule has 2 atom stereocenters. The first kappa shape index (κ1) is 11.6. The first-order chi connectivity index (χ1) is 8.74. The minimum atomic E-state index is -0.476. The predicted molar refractivity (Wildman–Crippen MR) is 70.8 cm³/mol. The lowest BCUT2D eigenvalue weighted by atomic mass is 9.95. The van der Waals surface area contributed by atoms with Gasteiger partial charge in [0.2, 0.25) is 0 Å². The molecule has 18 heavy (non-hydrogen) atoms. The van der Waals surface area contributed by atoms with Gasteiger partial charge >= 0.3 is 0 Å². The van der Waals surface area contributed by atoms with E-state index in [0.717, 1.165) is 16.9 Å². The normalized spacial score (nSPS) is 22.1. The highest BCUT2D eigenvalue weighted by Crippen LogP contribution is 2.40. The number of halogens is 1. The van der Waals surface area contributed by atoms with Crippen molar-refractivity contribution in [3.05, 3.63) is 64.7 Å². The summed E-state index contributed by atoms with van der Waals surface area (Å²) in [5.74, 6) is 0.760. The fraction of sp³-hybridized carbons (Fsp3) is 0.200. The molecule has 0 bridgehead atoms. The molecule has 1 unspecified atom stereocenters. The van der Waals surface area contributed by atoms with E-state index in [4.69, 9.17) is 16.3 Å². The second kappa shape index (κ2) is 4.63. The van der Waals surface area contributed by atoms with Crippen molar-refractivity contribution in [3.8, 4) is 5.75 Å². The summed E-state index contributed by atoms with van der Waals surface area (Å²) in [6, 6.07) is 15.2. The molecular formula is C15H13ClO2. The van der Waals surface area contributed by atoms with Crippen LogP contribution in [0, 0.1) is 0 Å². The van der Waals surface area contributed by atoms with Crippen LogP contribution in [-0.2, 0) is 0 Å². The number of hydrogen-bond acceptors (Lipinski definition) is 2. The molecule has 0 saturated carbocycles. The highest BCUT2D eigenvalue weighted by atomic mass is 35.5. The molecule has 0 aliphatic carbocycles. The lowest BCUT2D eigenvalue weighted by molar-refractivity contribution is 0.0657. The Morgan fingerprint density at radius 3 is 2.56 bits per heavy atom. The van der Waals surface area contributed by atoms with Gasteiger partial charge in [-0.15, -0.1) is 0 Å². The number of fused-ring (bicyclic) bond motifs is 1. The molecule has 0 radical (unpaired) electrons. The molecule has 0 spiro atoms. The van der Waals surface area contributed by atoms with Gasteiger partial charge in [-0.3, -0.25) is 0 Å². The molecule has 0 saturated heterocycles. The van der Waals surface area contributed by atoms with E-state index in [1.807, 2.05) is 48.5 Å². The van der Waals surface area contributed by atoms with Gasteiger partial charge in [-0.25, -0.2) is 0 Å². The van der Waals surface area contributed by atoms with Crippen LogP contribution in [-0.4, -0.2) is 5.11 Å². The third-order valence-corrected chi connectivity index (χ3v) is 3.48. The molecule has 1 heterocycles. The second-order valence-corrected chi connectivity index (χ2v) is 4.88. The van der Waals surface area contributed by atoms with Crippen LogP contribution < -0.4 is 4.74 Å². The summed E-state index contributed by atoms with van der Waals surface area (Å²) in [4.78, 5) is 0. The summed E-state index contributed by atoms with van der Waals surface area (Å²) in [5, 5.41) is 10.8. The molecule has 1 aliphatic heterocycles. The van der Waals surface area contributed by atoms with Crippen LogP contribution in [0.4, 0.5) is 0 Å². The Morgan fingerprint density at radius 2 is 1.78 bits per heavy atom. The smallest absolute Gasteiger partial charge is 0.127 e. The van der Waals surface area contributed by atoms with Gasteiger partial charge in [-0.2, -0.15) is 0 Å². The molecule has 0 aromatic heterocycles. The number of aliphatic hydroxyl groups is 1. The van der Waals surface area contributed by atoms with Gasteiger partial charge in [-0.1, -0.05) is 41.9 Å². The molecule has 2 nitrogen and oxygen atoms in total. The van der Waals surface area contributed by atoms with Crippen LogP contribution in [0.1, 0.15) is 29.8 Å². The lowest BCUT2D eigenvalue weighted by Crippen LogP contribution is -2.18. The fourth-order valence-electron chi connectivity index (χ4n) is 2.28. The van der Waals surface area contributed by atoms with Crippen LogP contribution in [0.15, 0.2) is 48.5 Å². The molecule has 3 rings (SSSR count). The van der Waals surface area contributed by atoms with Crippen molar-refractivity contribution >= 4 is 11.6 Å². The van der Waals surface area contributed by atoms with Gasteiger partial charge in [-0.05, 0) is 23.8 Å². The van der Waals surface area contributed by atoms with Crippen LogP contribution in [0.25, 0.3) is 0 Å². The molecule has 2 aromatic rings. The fourth-order valence-corrected chi connectivity index (χ4v) is 2.40. The first-order valence-electron chi connectivity index (χ1n) is 5.93. The summed E-state index contributed by atoms with van der Waals surface area (Å²) >= 11 is 5.87. The summed E-state index contributed by atoms with van der Waals surface area (Å²) in [5.41, 5.74) is 1.90. The van der Waals surface area contributed by atoms with E-state index in [-0.39, 0.29) is 6.10 Å². The molecule has 1 N–H and O–H groups in total. The maximum absolute atomic E-state index is 10.1. The van der Waals surface area contributed by atoms with Crippen LogP contribution in [0.3, 0.4) is 0 Å². The van der Waals surface area contributed by atoms with Gasteiger partial charge in [0, 0.05) is 17.0 Å². The van der Waals surface area contributed by atoms with E-state index >= 15 is 0 Å². The van der Waals surface area contributed by atoms with Gasteiger partial charge in [0.1, 0.15) is 11.9 Å². The monoisotopic (exact) mass is 260 g/mol. The summed E-state index contributed by atoms with van der Waals surface area (Å²) in [6.07, 6.45) is -0.0265. The summed E-state index contributed by atoms with van der Waals surface area (Å²) < 4.78 is 5.93. The summed E-state index contributed by atoms with van der Waals surface area (Å²) in [6.45, 7) is 0. The largest absolute Gasteiger partial charge is 0.485 e. The highest BCUT2D eigenvalue weighted by molar-refractivity contribution is 6.30. The van der Waals surface area contributed by atoms with Crippen LogP contribution in [0.2, 0.25) is 5.02 Å². The molecule has 0 fully saturated rings. The van der Waals surface area contributed by atoms with Gasteiger partial charge in [0.05, 0.1) is 6.10 Å². The van der Waals surface area contributed by atoms with E-state index < -0.39 is 6.10 Å². The van der Waals surface area contributed by atoms with Crippen molar-refractivity contribution in [2.45, 2.75) is 18.6 Å². The zero-order chi connectivity index (χ0) is 12.5. The van der Waals surface area contributed by atoms with Crippen molar-refractivity contribution in [2.75, 3.05) is 0 Å². The zero-order valence-electron chi connectivity index (χ0n) is 9.71. The maximum Gasteiger partial charge on any atom is 0.127 e. The SMILES string of the molecule is O[C@H]1CC(c2ccc(Cl)cc2)Oc2ccccc21. The van der Waals surface area contributed by atoms with Crippen LogP contribution in [0.5, 0.6) is 5.75 Å². The van der Waals surface area contributed by atoms with Crippen LogP contribution >= 0.6 is 11.6 Å². The highest BCUT2D eigenvalue weighted by Gasteiger charge is 2.27. The maximum atomic E-state index is 10.1. The van der Waals surface area contributed by atoms with Gasteiger partial charge in [0.25, 0.3) is 0 Å². The molecule has 2 aromatic carbocycles. The first-order valence-corrected chi connectivity index (χ1v) is 6.31. The number of rotatable bonds is 1. The Labute approximate surface area is 111 Å². The Balaban J connectivity index is 1.92. The van der Waals surface area contributed by atoms with Crippen molar-refractivity contribution < 1.29 is 9.84 Å². The van der Waals surface area contributed by atoms with E-state index in [0.29, 0.717) is 11.4 Å². The van der Waals surface area contributed by atoms with Crippen molar-refractivity contribution in [1.82, 2.24) is 0 Å². The quantitative estimate of drug-likeness (QED) is 0.843. The summed E-state index contributed by atoms with van der Waals surface area (Å²) in [7, 11) is 0. The van der Waals surface area contributed by atoms with E-state index in [9.17, 15) is 5.11 Å². The average Bonchev–Trinajstić information content (AvgIpc) is 2.39. The number of hydrogen-bond donors (Lipinski definition) is 1. The molecule has 0 amide bonds. The Hall–Kier alpha value is -1.51. The Bertz CT molecular complexity index is 551. The van der Waals surface area contributed by atoms with Crippen molar-refractivity contribution in [2.24, 2.45) is 0 Å². The van der Waals surface area contributed by atoms with E-state index in [1.165, 1.54) is 0 Å². The average molecular weight is 261 g/mol. The Morgan fingerprint density at radius 1 is 1.06 bits per heavy atom. The molecule has 1 aliphatic rings. The third-order valence-electron chi connectivity index (χ3n) is 3.23. The topological polar surface area (TPSA) is 29.5 Å². The number of ether oxygens (including phenoxy) is 1. The Kier molecular flexibility index (Phi) is 2.98. The standard InChI is InChI=1S/C15H13ClO2/c16-11-7-5-10(6-8-11)15-9-13(17)12-3-1-2-4-14(12)18-15/h1-8,13,15,17H,9H2/t13-,15?/m0/s1. The van der Waals surface area contributed by atoms with Gasteiger partial charge in [0.15, 0.2) is 0 Å². The minimum absolute atomic E-state index is 0.118. The third kappa shape index (κ3) is 2.09. The minimum Gasteiger partial charge on any atom is -0.485 e. The number of para-hydroxylation sites is 1.